The van der Waals surface area contributed by atoms with E-state index in [4.69, 9.17) is 28.4 Å². The number of methoxy groups -OCH3 is 4. The van der Waals surface area contributed by atoms with Crippen molar-refractivity contribution in [3.8, 4) is 0 Å². The van der Waals surface area contributed by atoms with Crippen LogP contribution in [0.1, 0.15) is 112 Å². The van der Waals surface area contributed by atoms with Crippen LogP contribution in [0, 0.1) is 29.6 Å². The van der Waals surface area contributed by atoms with E-state index in [0.717, 1.165) is 5.57 Å². The summed E-state index contributed by atoms with van der Waals surface area (Å²) in [6.07, 6.45) is 3.64. The number of hydrogen-bond acceptors (Lipinski definition) is 13. The van der Waals surface area contributed by atoms with E-state index in [1.165, 1.54) is 26.2 Å². The van der Waals surface area contributed by atoms with Gasteiger partial charge in [0.05, 0.1) is 37.6 Å². The van der Waals surface area contributed by atoms with Gasteiger partial charge in [-0.1, -0.05) is 45.4 Å². The molecule has 1 aliphatic carbocycles. The summed E-state index contributed by atoms with van der Waals surface area (Å²) in [6, 6.07) is -1.41. The lowest BCUT2D eigenvalue weighted by Gasteiger charge is -2.47. The summed E-state index contributed by atoms with van der Waals surface area (Å²) in [5, 5.41) is 26.6. The summed E-state index contributed by atoms with van der Waals surface area (Å²) in [7, 11) is 5.94. The molecule has 15 nitrogen and oxygen atoms in total. The van der Waals surface area contributed by atoms with Gasteiger partial charge in [0.25, 0.3) is 11.7 Å². The van der Waals surface area contributed by atoms with Gasteiger partial charge in [0.2, 0.25) is 5.79 Å². The number of nitrogens with one attached hydrogen (secondary N) is 1. The summed E-state index contributed by atoms with van der Waals surface area (Å²) < 4.78 is 34.8. The van der Waals surface area contributed by atoms with Crippen LogP contribution in [0.4, 0.5) is 4.79 Å². The molecular weight excluding hydrogens is 776 g/mol. The van der Waals surface area contributed by atoms with Crippen LogP contribution in [0.5, 0.6) is 0 Å². The maximum atomic E-state index is 14.4. The van der Waals surface area contributed by atoms with Crippen molar-refractivity contribution >= 4 is 29.5 Å². The number of ketones is 2. The first-order chi connectivity index (χ1) is 28.4. The number of piperidine rings is 1. The maximum Gasteiger partial charge on any atom is 0.407 e. The van der Waals surface area contributed by atoms with Crippen molar-refractivity contribution in [2.45, 2.75) is 167 Å². The molecule has 0 radical (unpaired) electrons. The zero-order valence-corrected chi connectivity index (χ0v) is 37.5. The first kappa shape index (κ1) is 49.4. The summed E-state index contributed by atoms with van der Waals surface area (Å²) in [6.45, 7) is 11.2. The number of allylic oxidation sites excluding steroid dienone is 3. The molecule has 3 fully saturated rings. The monoisotopic (exact) mass is 849 g/mol. The Bertz CT molecular complexity index is 1570. The number of ether oxygens (including phenoxy) is 6. The summed E-state index contributed by atoms with van der Waals surface area (Å²) in [5.74, 6) is -7.68. The molecule has 3 N–H and O–H groups in total. The molecule has 14 atom stereocenters. The zero-order valence-electron chi connectivity index (χ0n) is 37.5. The van der Waals surface area contributed by atoms with Crippen molar-refractivity contribution in [3.63, 3.8) is 0 Å². The first-order valence-corrected chi connectivity index (χ1v) is 21.9. The Morgan fingerprint density at radius 3 is 2.25 bits per heavy atom. The number of carbonyl (C=O) groups excluding carboxylic acids is 5. The number of aliphatic hydroxyl groups excluding tert-OH is 1. The molecular formula is C45H72N2O13. The van der Waals surface area contributed by atoms with Crippen molar-refractivity contribution in [3.05, 3.63) is 23.3 Å². The molecule has 60 heavy (non-hydrogen) atoms. The average molecular weight is 849 g/mol. The normalized spacial score (nSPS) is 39.4. The van der Waals surface area contributed by atoms with Crippen molar-refractivity contribution in [2.24, 2.45) is 29.6 Å². The standard InChI is InChI=1S/C45H72N2O13/c1-11-31-19-25(2)18-26(3)20-37(56-8)40-38(57-9)22-28(5)45(54,60-40)41(50)42(51)47-17-13-12-14-33(47)43(52)59-39(29(6)34(48)24-35(31)49)27(4)21-30-15-16-32(36(23-30)55-7)46-44(53)58-10/h19,21,26,28-34,36-40,48,54H,11-18,20,22-24H2,1-10H3,(H,46,53)/b25-19+,27-21+/t26-,28+,29+,30-,31+,32-,33-,34-,36+,37-,38-,39+,40+,45+/m0/s1. The van der Waals surface area contributed by atoms with Crippen LogP contribution >= 0.6 is 0 Å². The number of Topliss-reactive ketones (excluding diaryl/α,β-unsaturated/α-hetero) is 2. The largest absolute Gasteiger partial charge is 0.456 e. The molecule has 4 rings (SSSR count). The lowest BCUT2D eigenvalue weighted by Crippen LogP contribution is -2.64. The van der Waals surface area contributed by atoms with Crippen molar-refractivity contribution in [1.29, 1.82) is 0 Å². The third kappa shape index (κ3) is 11.8. The Balaban J connectivity index is 1.75. The molecule has 1 saturated carbocycles. The van der Waals surface area contributed by atoms with Crippen LogP contribution in [0.25, 0.3) is 0 Å². The van der Waals surface area contributed by atoms with Crippen LogP contribution in [-0.4, -0.2) is 134 Å². The lowest BCUT2D eigenvalue weighted by atomic mass is 9.81. The third-order valence-corrected chi connectivity index (χ3v) is 13.4. The van der Waals surface area contributed by atoms with Crippen LogP contribution < -0.4 is 5.32 Å². The minimum absolute atomic E-state index is 0.0236. The Labute approximate surface area is 356 Å². The Hall–Kier alpha value is -3.21. The van der Waals surface area contributed by atoms with E-state index in [1.54, 1.807) is 21.0 Å². The number of rotatable bonds is 7. The summed E-state index contributed by atoms with van der Waals surface area (Å²) >= 11 is 0. The second-order valence-corrected chi connectivity index (χ2v) is 17.8. The minimum atomic E-state index is -2.52. The SMILES string of the molecule is CC[C@@H]1/C=C(\C)C[C@H](C)C[C@H](OC)[C@H]2O[C@@](O)(C(=O)C(=O)N3CCCC[C@H]3C(=O)O[C@H](/C(C)=C/[C@@H]3CC[C@H](NC(=O)OC)[C@H](OC)C3)[C@H](C)[C@@H](O)CC1=O)[C@H](C)C[C@@H]2OC. The van der Waals surface area contributed by atoms with Crippen LogP contribution in [0.3, 0.4) is 0 Å². The predicted molar refractivity (Wildman–Crippen MR) is 221 cm³/mol. The number of fused-ring (bicyclic) bond motifs is 3. The number of carbonyl (C=O) groups is 5. The molecule has 3 heterocycles. The molecule has 0 aromatic rings. The summed E-state index contributed by atoms with van der Waals surface area (Å²) in [5.41, 5.74) is 1.63. The van der Waals surface area contributed by atoms with E-state index >= 15 is 0 Å². The van der Waals surface area contributed by atoms with Gasteiger partial charge in [-0.05, 0) is 95.5 Å². The van der Waals surface area contributed by atoms with Crippen LogP contribution in [0.15, 0.2) is 23.3 Å². The Morgan fingerprint density at radius 2 is 1.62 bits per heavy atom. The highest BCUT2D eigenvalue weighted by atomic mass is 16.7. The van der Waals surface area contributed by atoms with E-state index in [0.29, 0.717) is 56.9 Å². The number of aliphatic hydroxyl groups is 2. The molecule has 2 amide bonds. The molecule has 4 aliphatic rings. The molecule has 0 unspecified atom stereocenters. The molecule has 0 aromatic heterocycles. The number of nitrogens with zero attached hydrogens (tertiary/aromatic N) is 1. The van der Waals surface area contributed by atoms with Gasteiger partial charge in [0, 0.05) is 52.0 Å². The number of alkyl carbamates (subject to hydrolysis) is 1. The van der Waals surface area contributed by atoms with Crippen molar-refractivity contribution < 1.29 is 62.6 Å². The van der Waals surface area contributed by atoms with Gasteiger partial charge in [-0.2, -0.15) is 0 Å². The van der Waals surface area contributed by atoms with Gasteiger partial charge in [0.15, 0.2) is 0 Å². The van der Waals surface area contributed by atoms with Crippen LogP contribution in [-0.2, 0) is 47.6 Å². The maximum absolute atomic E-state index is 14.4. The fourth-order valence-corrected chi connectivity index (χ4v) is 9.79. The number of hydrogen-bond donors (Lipinski definition) is 3. The van der Waals surface area contributed by atoms with Gasteiger partial charge < -0.3 is 48.9 Å². The first-order valence-electron chi connectivity index (χ1n) is 21.9. The van der Waals surface area contributed by atoms with E-state index in [9.17, 15) is 34.2 Å². The second kappa shape index (κ2) is 22.2. The zero-order chi connectivity index (χ0) is 44.5. The topological polar surface area (TPSA) is 196 Å². The lowest BCUT2D eigenvalue weighted by molar-refractivity contribution is -0.302. The molecule has 3 aliphatic heterocycles. The fraction of sp³-hybridized carbons (Fsp3) is 0.800. The van der Waals surface area contributed by atoms with Crippen LogP contribution in [0.2, 0.25) is 0 Å². The van der Waals surface area contributed by atoms with Gasteiger partial charge in [-0.15, -0.1) is 0 Å². The Kier molecular flexibility index (Phi) is 18.3. The molecule has 340 valence electrons. The average Bonchev–Trinajstić information content (AvgIpc) is 3.23. The predicted octanol–water partition coefficient (Wildman–Crippen LogP) is 4.84. The highest BCUT2D eigenvalue weighted by molar-refractivity contribution is 6.39. The minimum Gasteiger partial charge on any atom is -0.456 e. The number of amides is 2. The molecule has 15 heteroatoms. The summed E-state index contributed by atoms with van der Waals surface area (Å²) in [4.78, 5) is 70.0. The van der Waals surface area contributed by atoms with Gasteiger partial charge in [-0.25, -0.2) is 9.59 Å². The number of esters is 1. The van der Waals surface area contributed by atoms with E-state index in [1.807, 2.05) is 39.8 Å². The van der Waals surface area contributed by atoms with E-state index < -0.39 is 83.9 Å². The van der Waals surface area contributed by atoms with Gasteiger partial charge >= 0.3 is 12.1 Å². The quantitative estimate of drug-likeness (QED) is 0.179. The number of cyclic esters (lactones) is 1. The smallest absolute Gasteiger partial charge is 0.407 e. The second-order valence-electron chi connectivity index (χ2n) is 17.8. The highest BCUT2D eigenvalue weighted by Gasteiger charge is 2.56. The van der Waals surface area contributed by atoms with Gasteiger partial charge in [0.1, 0.15) is 24.0 Å². The van der Waals surface area contributed by atoms with Crippen molar-refractivity contribution in [2.75, 3.05) is 35.0 Å². The van der Waals surface area contributed by atoms with E-state index in [2.05, 4.69) is 5.32 Å². The van der Waals surface area contributed by atoms with E-state index in [-0.39, 0.29) is 55.6 Å². The fourth-order valence-electron chi connectivity index (χ4n) is 9.79. The van der Waals surface area contributed by atoms with Gasteiger partial charge in [-0.3, -0.25) is 14.4 Å². The third-order valence-electron chi connectivity index (χ3n) is 13.4. The molecule has 0 aromatic carbocycles. The van der Waals surface area contributed by atoms with Crippen molar-refractivity contribution in [1.82, 2.24) is 10.2 Å². The Morgan fingerprint density at radius 1 is 0.950 bits per heavy atom. The molecule has 2 saturated heterocycles. The molecule has 2 bridgehead atoms. The highest BCUT2D eigenvalue weighted by Crippen LogP contribution is 2.39. The molecule has 0 spiro atoms.